The minimum Gasteiger partial charge on any atom is -0.338 e. The van der Waals surface area contributed by atoms with Crippen molar-refractivity contribution >= 4 is 28.3 Å². The van der Waals surface area contributed by atoms with E-state index in [0.717, 1.165) is 38.9 Å². The topological polar surface area (TPSA) is 69.7 Å². The highest BCUT2D eigenvalue weighted by Gasteiger charge is 2.35. The molecule has 2 saturated heterocycles. The Balaban J connectivity index is 0.00000312. The van der Waals surface area contributed by atoms with E-state index in [2.05, 4.69) is 12.2 Å². The fraction of sp³-hybridized carbons (Fsp3) is 0.941. The summed E-state index contributed by atoms with van der Waals surface area (Å²) in [5.41, 5.74) is 0. The summed E-state index contributed by atoms with van der Waals surface area (Å²) < 4.78 is 26.2. The van der Waals surface area contributed by atoms with Gasteiger partial charge in [-0.15, -0.1) is 12.4 Å². The molecule has 1 unspecified atom stereocenters. The number of carbonyl (C=O) groups is 1. The average molecular weight is 396 g/mol. The van der Waals surface area contributed by atoms with Gasteiger partial charge in [0.05, 0.1) is 5.75 Å². The van der Waals surface area contributed by atoms with E-state index in [1.54, 1.807) is 4.31 Å². The van der Waals surface area contributed by atoms with Crippen LogP contribution in [-0.4, -0.2) is 68.0 Å². The molecule has 1 atom stereocenters. The van der Waals surface area contributed by atoms with Crippen molar-refractivity contribution in [2.75, 3.05) is 38.5 Å². The van der Waals surface area contributed by atoms with Crippen LogP contribution in [0.15, 0.2) is 0 Å². The van der Waals surface area contributed by atoms with Gasteiger partial charge in [0.1, 0.15) is 0 Å². The first-order valence-electron chi connectivity index (χ1n) is 9.48. The smallest absolute Gasteiger partial charge is 0.226 e. The number of unbranched alkanes of at least 4 members (excludes halogenated alkanes) is 1. The Kier molecular flexibility index (Phi) is 9.70. The second-order valence-electron chi connectivity index (χ2n) is 7.02. The number of sulfonamides is 1. The molecule has 0 aromatic heterocycles. The maximum atomic E-state index is 12.9. The van der Waals surface area contributed by atoms with Gasteiger partial charge in [0.2, 0.25) is 15.9 Å². The summed E-state index contributed by atoms with van der Waals surface area (Å²) in [5, 5.41) is 3.33. The predicted octanol–water partition coefficient (Wildman–Crippen LogP) is 1.85. The van der Waals surface area contributed by atoms with Gasteiger partial charge in [0.15, 0.2) is 0 Å². The number of piperidine rings is 1. The minimum atomic E-state index is -3.14. The van der Waals surface area contributed by atoms with Crippen LogP contribution >= 0.6 is 12.4 Å². The van der Waals surface area contributed by atoms with Gasteiger partial charge >= 0.3 is 0 Å². The van der Waals surface area contributed by atoms with Gasteiger partial charge in [0, 0.05) is 38.1 Å². The third-order valence-corrected chi connectivity index (χ3v) is 7.13. The Morgan fingerprint density at radius 3 is 2.36 bits per heavy atom. The molecule has 2 heterocycles. The lowest BCUT2D eigenvalue weighted by atomic mass is 9.95. The number of hydrogen-bond donors (Lipinski definition) is 1. The molecule has 2 fully saturated rings. The van der Waals surface area contributed by atoms with E-state index < -0.39 is 10.0 Å². The van der Waals surface area contributed by atoms with Crippen molar-refractivity contribution < 1.29 is 13.2 Å². The number of nitrogens with zero attached hydrogens (tertiary/aromatic N) is 2. The van der Waals surface area contributed by atoms with Crippen molar-refractivity contribution in [3.8, 4) is 0 Å². The van der Waals surface area contributed by atoms with Crippen molar-refractivity contribution in [2.45, 2.75) is 58.4 Å². The van der Waals surface area contributed by atoms with Gasteiger partial charge in [-0.1, -0.05) is 20.3 Å². The zero-order valence-corrected chi connectivity index (χ0v) is 17.2. The molecule has 0 aliphatic carbocycles. The zero-order valence-electron chi connectivity index (χ0n) is 15.6. The summed E-state index contributed by atoms with van der Waals surface area (Å²) in [6, 6.07) is 0.309. The number of nitrogens with one attached hydrogen (secondary N) is 1. The fourth-order valence-corrected chi connectivity index (χ4v) is 5.37. The summed E-state index contributed by atoms with van der Waals surface area (Å²) >= 11 is 0. The normalized spacial score (nSPS) is 22.6. The summed E-state index contributed by atoms with van der Waals surface area (Å²) in [7, 11) is -3.14. The quantitative estimate of drug-likeness (QED) is 0.680. The van der Waals surface area contributed by atoms with E-state index in [4.69, 9.17) is 0 Å². The molecule has 148 valence electrons. The molecule has 6 nitrogen and oxygen atoms in total. The first-order chi connectivity index (χ1) is 11.5. The van der Waals surface area contributed by atoms with E-state index >= 15 is 0 Å². The maximum absolute atomic E-state index is 12.9. The summed E-state index contributed by atoms with van der Waals surface area (Å²) in [4.78, 5) is 15.0. The molecule has 0 saturated carbocycles. The van der Waals surface area contributed by atoms with E-state index in [1.165, 1.54) is 0 Å². The zero-order chi connectivity index (χ0) is 17.6. The molecule has 25 heavy (non-hydrogen) atoms. The molecule has 1 N–H and O–H groups in total. The lowest BCUT2D eigenvalue weighted by molar-refractivity contribution is -0.138. The molecule has 2 aliphatic heterocycles. The van der Waals surface area contributed by atoms with Crippen molar-refractivity contribution in [2.24, 2.45) is 5.92 Å². The largest absolute Gasteiger partial charge is 0.338 e. The predicted molar refractivity (Wildman–Crippen MR) is 104 cm³/mol. The standard InChI is InChI=1S/C17H33N3O3S.ClH/c1-3-5-13-24(22,23)19-11-7-15(8-12-19)17(21)20(10-4-2)16-6-9-18-14-16;/h15-16,18H,3-14H2,1-2H3;1H. The number of hydrogen-bond acceptors (Lipinski definition) is 4. The van der Waals surface area contributed by atoms with Crippen LogP contribution in [0.3, 0.4) is 0 Å². The minimum absolute atomic E-state index is 0. The molecular weight excluding hydrogens is 362 g/mol. The first kappa shape index (κ1) is 22.7. The molecule has 0 aromatic rings. The molecule has 0 radical (unpaired) electrons. The van der Waals surface area contributed by atoms with Gasteiger partial charge < -0.3 is 10.2 Å². The van der Waals surface area contributed by atoms with Crippen LogP contribution in [0.1, 0.15) is 52.4 Å². The summed E-state index contributed by atoms with van der Waals surface area (Å²) in [6.07, 6.45) is 4.90. The Hall–Kier alpha value is -0.370. The van der Waals surface area contributed by atoms with E-state index in [-0.39, 0.29) is 30.0 Å². The SMILES string of the molecule is CCCCS(=O)(=O)N1CCC(C(=O)N(CCC)C2CCNC2)CC1.Cl. The van der Waals surface area contributed by atoms with Crippen molar-refractivity contribution in [3.05, 3.63) is 0 Å². The van der Waals surface area contributed by atoms with Gasteiger partial charge in [-0.2, -0.15) is 0 Å². The molecule has 0 bridgehead atoms. The van der Waals surface area contributed by atoms with Crippen LogP contribution in [-0.2, 0) is 14.8 Å². The lowest BCUT2D eigenvalue weighted by Crippen LogP contribution is -2.48. The van der Waals surface area contributed by atoms with Gasteiger partial charge in [-0.05, 0) is 38.6 Å². The number of carbonyl (C=O) groups excluding carboxylic acids is 1. The molecule has 0 aromatic carbocycles. The van der Waals surface area contributed by atoms with Crippen LogP contribution in [0.4, 0.5) is 0 Å². The van der Waals surface area contributed by atoms with Crippen molar-refractivity contribution in [1.29, 1.82) is 0 Å². The Morgan fingerprint density at radius 1 is 1.16 bits per heavy atom. The van der Waals surface area contributed by atoms with E-state index in [9.17, 15) is 13.2 Å². The van der Waals surface area contributed by atoms with Crippen molar-refractivity contribution in [3.63, 3.8) is 0 Å². The fourth-order valence-electron chi connectivity index (χ4n) is 3.69. The van der Waals surface area contributed by atoms with Crippen LogP contribution in [0.5, 0.6) is 0 Å². The monoisotopic (exact) mass is 395 g/mol. The highest BCUT2D eigenvalue weighted by Crippen LogP contribution is 2.24. The third kappa shape index (κ3) is 6.08. The van der Waals surface area contributed by atoms with Gasteiger partial charge in [0.25, 0.3) is 0 Å². The molecular formula is C17H34ClN3O3S. The number of halogens is 1. The number of amides is 1. The number of rotatable bonds is 8. The summed E-state index contributed by atoms with van der Waals surface area (Å²) in [5.74, 6) is 0.448. The average Bonchev–Trinajstić information content (AvgIpc) is 3.11. The first-order valence-corrected chi connectivity index (χ1v) is 11.1. The van der Waals surface area contributed by atoms with Gasteiger partial charge in [-0.3, -0.25) is 4.79 Å². The second kappa shape index (κ2) is 10.7. The van der Waals surface area contributed by atoms with Crippen molar-refractivity contribution in [1.82, 2.24) is 14.5 Å². The van der Waals surface area contributed by atoms with Crippen LogP contribution < -0.4 is 5.32 Å². The lowest BCUT2D eigenvalue weighted by Gasteiger charge is -2.36. The second-order valence-corrected chi connectivity index (χ2v) is 9.11. The molecule has 8 heteroatoms. The Morgan fingerprint density at radius 2 is 1.84 bits per heavy atom. The molecule has 2 rings (SSSR count). The Labute approximate surface area is 159 Å². The third-order valence-electron chi connectivity index (χ3n) is 5.18. The maximum Gasteiger partial charge on any atom is 0.226 e. The van der Waals surface area contributed by atoms with E-state index in [1.807, 2.05) is 11.8 Å². The molecule has 0 spiro atoms. The van der Waals surface area contributed by atoms with Crippen LogP contribution in [0.2, 0.25) is 0 Å². The van der Waals surface area contributed by atoms with E-state index in [0.29, 0.717) is 38.4 Å². The van der Waals surface area contributed by atoms with Crippen LogP contribution in [0.25, 0.3) is 0 Å². The molecule has 1 amide bonds. The summed E-state index contributed by atoms with van der Waals surface area (Å²) in [6.45, 7) is 7.76. The van der Waals surface area contributed by atoms with Crippen LogP contribution in [0, 0.1) is 5.92 Å². The van der Waals surface area contributed by atoms with Gasteiger partial charge in [-0.25, -0.2) is 12.7 Å². The molecule has 2 aliphatic rings. The highest BCUT2D eigenvalue weighted by atomic mass is 35.5. The Bertz CT molecular complexity index is 501. The highest BCUT2D eigenvalue weighted by molar-refractivity contribution is 7.89.